The van der Waals surface area contributed by atoms with Crippen LogP contribution in [0.15, 0.2) is 48.7 Å². The number of rotatable bonds is 2. The maximum atomic E-state index is 13.7. The van der Waals surface area contributed by atoms with Crippen molar-refractivity contribution in [1.82, 2.24) is 19.5 Å². The highest BCUT2D eigenvalue weighted by Gasteiger charge is 2.33. The molecule has 0 saturated carbocycles. The summed E-state index contributed by atoms with van der Waals surface area (Å²) in [4.78, 5) is 11.8. The third kappa shape index (κ3) is 2.98. The summed E-state index contributed by atoms with van der Waals surface area (Å²) in [7, 11) is 0. The number of hydrogen-bond donors (Lipinski definition) is 1. The van der Waals surface area contributed by atoms with E-state index in [-0.39, 0.29) is 11.2 Å². The molecule has 0 unspecified atom stereocenters. The molecule has 0 amide bonds. The van der Waals surface area contributed by atoms with E-state index in [1.54, 1.807) is 12.1 Å². The summed E-state index contributed by atoms with van der Waals surface area (Å²) in [6, 6.07) is 10.5. The number of anilines is 1. The van der Waals surface area contributed by atoms with Gasteiger partial charge in [0.25, 0.3) is 0 Å². The number of benzene rings is 1. The Morgan fingerprint density at radius 1 is 1.00 bits per heavy atom. The monoisotopic (exact) mass is 399 g/mol. The van der Waals surface area contributed by atoms with E-state index in [2.05, 4.69) is 20.3 Å². The van der Waals surface area contributed by atoms with Crippen molar-refractivity contribution >= 4 is 16.9 Å². The first-order chi connectivity index (χ1) is 13.9. The van der Waals surface area contributed by atoms with Crippen molar-refractivity contribution in [3.8, 4) is 17.1 Å². The van der Waals surface area contributed by atoms with Crippen molar-refractivity contribution in [1.29, 1.82) is 0 Å². The summed E-state index contributed by atoms with van der Waals surface area (Å²) in [5.41, 5.74) is 2.35. The van der Waals surface area contributed by atoms with Gasteiger partial charge in [-0.15, -0.1) is 0 Å². The predicted octanol–water partition coefficient (Wildman–Crippen LogP) is 4.61. The van der Waals surface area contributed by atoms with E-state index in [0.717, 1.165) is 30.3 Å². The Morgan fingerprint density at radius 2 is 1.86 bits per heavy atom. The third-order valence-electron chi connectivity index (χ3n) is 4.84. The molecule has 0 aliphatic carbocycles. The molecular weight excluding hydrogens is 386 g/mol. The fraction of sp³-hybridized carbons (Fsp3) is 0.150. The fourth-order valence-corrected chi connectivity index (χ4v) is 3.53. The van der Waals surface area contributed by atoms with Gasteiger partial charge in [-0.3, -0.25) is 4.57 Å². The van der Waals surface area contributed by atoms with E-state index in [1.807, 2.05) is 12.1 Å². The molecule has 1 aliphatic heterocycles. The number of halogens is 4. The number of nitrogens with one attached hydrogen (secondary N) is 1. The van der Waals surface area contributed by atoms with Gasteiger partial charge in [0.2, 0.25) is 5.95 Å². The minimum Gasteiger partial charge on any atom is -0.384 e. The molecule has 0 radical (unpaired) electrons. The topological polar surface area (TPSA) is 55.6 Å². The molecule has 4 aromatic rings. The summed E-state index contributed by atoms with van der Waals surface area (Å²) in [5, 5.41) is 3.25. The standard InChI is InChI=1S/C20H13F4N5/c21-17-10-12(6-8-26-17)18-27-15-3-4-16(20(22,23)24)28-19(15)29(18)13-1-2-14-11(9-13)5-7-25-14/h1-4,6,8-10,25H,5,7H2. The Morgan fingerprint density at radius 3 is 2.66 bits per heavy atom. The van der Waals surface area contributed by atoms with E-state index in [9.17, 15) is 17.6 Å². The molecule has 9 heteroatoms. The third-order valence-corrected chi connectivity index (χ3v) is 4.84. The molecule has 0 bridgehead atoms. The SMILES string of the molecule is Fc1cc(-c2nc3ccc(C(F)(F)F)nc3n2-c2ccc3c(c2)CCN3)ccn1. The summed E-state index contributed by atoms with van der Waals surface area (Å²) in [6.45, 7) is 0.794. The van der Waals surface area contributed by atoms with Crippen molar-refractivity contribution in [2.24, 2.45) is 0 Å². The van der Waals surface area contributed by atoms with Gasteiger partial charge >= 0.3 is 6.18 Å². The minimum absolute atomic E-state index is 0.0537. The van der Waals surface area contributed by atoms with Gasteiger partial charge in [-0.1, -0.05) is 0 Å². The lowest BCUT2D eigenvalue weighted by Gasteiger charge is -2.12. The van der Waals surface area contributed by atoms with Crippen LogP contribution in [0.2, 0.25) is 0 Å². The van der Waals surface area contributed by atoms with Crippen LogP contribution in [-0.2, 0) is 12.6 Å². The van der Waals surface area contributed by atoms with Crippen LogP contribution in [0.25, 0.3) is 28.2 Å². The van der Waals surface area contributed by atoms with Crippen LogP contribution in [0.4, 0.5) is 23.2 Å². The molecular formula is C20H13F4N5. The first kappa shape index (κ1) is 17.6. The molecule has 1 N–H and O–H groups in total. The molecule has 0 fully saturated rings. The molecule has 1 aromatic carbocycles. The maximum Gasteiger partial charge on any atom is 0.433 e. The van der Waals surface area contributed by atoms with E-state index >= 15 is 0 Å². The van der Waals surface area contributed by atoms with Crippen molar-refractivity contribution in [2.45, 2.75) is 12.6 Å². The van der Waals surface area contributed by atoms with Gasteiger partial charge in [0, 0.05) is 35.7 Å². The van der Waals surface area contributed by atoms with Crippen LogP contribution in [0.5, 0.6) is 0 Å². The van der Waals surface area contributed by atoms with Gasteiger partial charge in [0.05, 0.1) is 0 Å². The van der Waals surface area contributed by atoms with Gasteiger partial charge in [-0.25, -0.2) is 15.0 Å². The quantitative estimate of drug-likeness (QED) is 0.395. The largest absolute Gasteiger partial charge is 0.433 e. The zero-order chi connectivity index (χ0) is 20.2. The highest BCUT2D eigenvalue weighted by molar-refractivity contribution is 5.80. The zero-order valence-corrected chi connectivity index (χ0v) is 14.8. The molecule has 0 spiro atoms. The molecule has 146 valence electrons. The van der Waals surface area contributed by atoms with E-state index in [1.165, 1.54) is 22.9 Å². The van der Waals surface area contributed by atoms with Crippen LogP contribution >= 0.6 is 0 Å². The Kier molecular flexibility index (Phi) is 3.80. The number of alkyl halides is 3. The first-order valence-electron chi connectivity index (χ1n) is 8.86. The van der Waals surface area contributed by atoms with Crippen molar-refractivity contribution in [3.63, 3.8) is 0 Å². The van der Waals surface area contributed by atoms with Crippen LogP contribution in [0.3, 0.4) is 0 Å². The number of nitrogens with zero attached hydrogens (tertiary/aromatic N) is 4. The van der Waals surface area contributed by atoms with Gasteiger partial charge in [-0.05, 0) is 48.4 Å². The lowest BCUT2D eigenvalue weighted by Crippen LogP contribution is -2.09. The van der Waals surface area contributed by atoms with Crippen molar-refractivity contribution in [2.75, 3.05) is 11.9 Å². The molecule has 0 saturated heterocycles. The minimum atomic E-state index is -4.59. The zero-order valence-electron chi connectivity index (χ0n) is 14.8. The second-order valence-corrected chi connectivity index (χ2v) is 6.69. The maximum absolute atomic E-state index is 13.7. The van der Waals surface area contributed by atoms with Crippen molar-refractivity contribution in [3.05, 3.63) is 65.9 Å². The summed E-state index contributed by atoms with van der Waals surface area (Å²) < 4.78 is 55.0. The van der Waals surface area contributed by atoms with Gasteiger partial charge in [0.15, 0.2) is 5.65 Å². The second kappa shape index (κ2) is 6.26. The highest BCUT2D eigenvalue weighted by atomic mass is 19.4. The predicted molar refractivity (Wildman–Crippen MR) is 99.2 cm³/mol. The average molecular weight is 399 g/mol. The average Bonchev–Trinajstić information content (AvgIpc) is 3.30. The molecule has 0 atom stereocenters. The van der Waals surface area contributed by atoms with Gasteiger partial charge in [0.1, 0.15) is 17.0 Å². The van der Waals surface area contributed by atoms with Crippen LogP contribution in [-0.4, -0.2) is 26.1 Å². The molecule has 5 nitrogen and oxygen atoms in total. The number of fused-ring (bicyclic) bond motifs is 2. The number of imidazole rings is 1. The smallest absolute Gasteiger partial charge is 0.384 e. The first-order valence-corrected chi connectivity index (χ1v) is 8.86. The number of aromatic nitrogens is 4. The van der Waals surface area contributed by atoms with Crippen LogP contribution < -0.4 is 5.32 Å². The number of pyridine rings is 2. The molecule has 1 aliphatic rings. The van der Waals surface area contributed by atoms with Gasteiger partial charge in [-0.2, -0.15) is 17.6 Å². The normalized spacial score (nSPS) is 13.5. The fourth-order valence-electron chi connectivity index (χ4n) is 3.53. The summed E-state index contributed by atoms with van der Waals surface area (Å²) in [5.74, 6) is -0.415. The number of hydrogen-bond acceptors (Lipinski definition) is 4. The summed E-state index contributed by atoms with van der Waals surface area (Å²) in [6.07, 6.45) is -2.50. The second-order valence-electron chi connectivity index (χ2n) is 6.69. The summed E-state index contributed by atoms with van der Waals surface area (Å²) >= 11 is 0. The highest BCUT2D eigenvalue weighted by Crippen LogP contribution is 2.34. The molecule has 4 heterocycles. The van der Waals surface area contributed by atoms with E-state index < -0.39 is 17.8 Å². The Labute approximate surface area is 162 Å². The Hall–Kier alpha value is -3.49. The van der Waals surface area contributed by atoms with E-state index in [0.29, 0.717) is 17.1 Å². The van der Waals surface area contributed by atoms with Crippen LogP contribution in [0, 0.1) is 5.95 Å². The Bertz CT molecular complexity index is 1250. The van der Waals surface area contributed by atoms with Gasteiger partial charge < -0.3 is 5.32 Å². The molecule has 29 heavy (non-hydrogen) atoms. The molecule has 5 rings (SSSR count). The van der Waals surface area contributed by atoms with Crippen molar-refractivity contribution < 1.29 is 17.6 Å². The Balaban J connectivity index is 1.81. The van der Waals surface area contributed by atoms with Crippen LogP contribution in [0.1, 0.15) is 11.3 Å². The molecule has 3 aromatic heterocycles. The lowest BCUT2D eigenvalue weighted by molar-refractivity contribution is -0.141. The van der Waals surface area contributed by atoms with E-state index in [4.69, 9.17) is 0 Å². The lowest BCUT2D eigenvalue weighted by atomic mass is 10.1.